The maximum atomic E-state index is 11.4. The van der Waals surface area contributed by atoms with Gasteiger partial charge >= 0.3 is 5.97 Å². The molecule has 7 nitrogen and oxygen atoms in total. The summed E-state index contributed by atoms with van der Waals surface area (Å²) in [6, 6.07) is 7.99. The van der Waals surface area contributed by atoms with Crippen LogP contribution in [-0.2, 0) is 6.54 Å². The highest BCUT2D eigenvalue weighted by molar-refractivity contribution is 5.87. The van der Waals surface area contributed by atoms with Crippen molar-refractivity contribution in [3.8, 4) is 16.8 Å². The Balaban J connectivity index is 1.74. The molecule has 134 valence electrons. The Morgan fingerprint density at radius 3 is 2.46 bits per heavy atom. The number of hydrogen-bond donors (Lipinski definition) is 1. The van der Waals surface area contributed by atoms with E-state index in [0.29, 0.717) is 5.69 Å². The number of carboxylic acid groups (broad SMARTS) is 1. The summed E-state index contributed by atoms with van der Waals surface area (Å²) >= 11 is 0. The normalized spacial score (nSPS) is 14.0. The van der Waals surface area contributed by atoms with Crippen molar-refractivity contribution in [2.45, 2.75) is 46.1 Å². The smallest absolute Gasteiger partial charge is 0.358 e. The minimum absolute atomic E-state index is 0.0625. The second-order valence-electron chi connectivity index (χ2n) is 6.72. The third kappa shape index (κ3) is 2.60. The number of rotatable bonds is 5. The highest BCUT2D eigenvalue weighted by Gasteiger charge is 2.34. The van der Waals surface area contributed by atoms with E-state index in [1.807, 2.05) is 35.9 Å². The molecule has 1 saturated carbocycles. The molecule has 0 amide bonds. The molecule has 1 N–H and O–H groups in total. The Morgan fingerprint density at radius 2 is 1.92 bits per heavy atom. The monoisotopic (exact) mass is 351 g/mol. The Morgan fingerprint density at radius 1 is 1.23 bits per heavy atom. The van der Waals surface area contributed by atoms with Crippen molar-refractivity contribution in [3.05, 3.63) is 47.0 Å². The van der Waals surface area contributed by atoms with Gasteiger partial charge in [-0.1, -0.05) is 17.3 Å². The van der Waals surface area contributed by atoms with Gasteiger partial charge in [-0.05, 0) is 51.3 Å². The van der Waals surface area contributed by atoms with Gasteiger partial charge in [-0.2, -0.15) is 5.10 Å². The minimum Gasteiger partial charge on any atom is -0.476 e. The van der Waals surface area contributed by atoms with Crippen molar-refractivity contribution in [3.63, 3.8) is 0 Å². The molecule has 26 heavy (non-hydrogen) atoms. The molecule has 0 aliphatic heterocycles. The van der Waals surface area contributed by atoms with Crippen LogP contribution in [0.15, 0.2) is 24.3 Å². The molecule has 0 atom stereocenters. The predicted octanol–water partition coefficient (Wildman–Crippen LogP) is 3.34. The van der Waals surface area contributed by atoms with Crippen molar-refractivity contribution in [2.24, 2.45) is 0 Å². The van der Waals surface area contributed by atoms with E-state index in [1.165, 1.54) is 0 Å². The largest absolute Gasteiger partial charge is 0.476 e. The lowest BCUT2D eigenvalue weighted by Gasteiger charge is -2.08. The molecule has 0 unspecified atom stereocenters. The van der Waals surface area contributed by atoms with Crippen LogP contribution in [0.3, 0.4) is 0 Å². The molecule has 0 bridgehead atoms. The fourth-order valence-corrected chi connectivity index (χ4v) is 3.55. The summed E-state index contributed by atoms with van der Waals surface area (Å²) in [6.45, 7) is 7.02. The molecule has 7 heteroatoms. The summed E-state index contributed by atoms with van der Waals surface area (Å²) in [6.07, 6.45) is 1.97. The molecule has 1 aromatic carbocycles. The predicted molar refractivity (Wildman–Crippen MR) is 96.7 cm³/mol. The molecule has 3 aromatic rings. The van der Waals surface area contributed by atoms with Crippen molar-refractivity contribution in [1.82, 2.24) is 24.8 Å². The summed E-state index contributed by atoms with van der Waals surface area (Å²) in [5.74, 6) is -0.781. The van der Waals surface area contributed by atoms with E-state index in [2.05, 4.69) is 29.3 Å². The van der Waals surface area contributed by atoms with Gasteiger partial charge in [0.2, 0.25) is 0 Å². The molecule has 1 aliphatic carbocycles. The number of hydrogen-bond acceptors (Lipinski definition) is 4. The number of benzene rings is 1. The van der Waals surface area contributed by atoms with E-state index in [9.17, 15) is 9.90 Å². The zero-order valence-corrected chi connectivity index (χ0v) is 15.1. The van der Waals surface area contributed by atoms with Gasteiger partial charge in [0, 0.05) is 23.7 Å². The average Bonchev–Trinajstić information content (AvgIpc) is 3.30. The second kappa shape index (κ2) is 6.09. The van der Waals surface area contributed by atoms with Gasteiger partial charge < -0.3 is 5.11 Å². The molecule has 4 rings (SSSR count). The number of carbonyl (C=O) groups is 1. The van der Waals surface area contributed by atoms with Gasteiger partial charge in [0.25, 0.3) is 0 Å². The summed E-state index contributed by atoms with van der Waals surface area (Å²) in [5, 5.41) is 21.9. The molecule has 0 spiro atoms. The second-order valence-corrected chi connectivity index (χ2v) is 6.72. The van der Waals surface area contributed by atoms with E-state index in [4.69, 9.17) is 0 Å². The summed E-state index contributed by atoms with van der Waals surface area (Å²) in [5.41, 5.74) is 5.98. The molecule has 1 aliphatic rings. The summed E-state index contributed by atoms with van der Waals surface area (Å²) in [4.78, 5) is 11.4. The standard InChI is InChI=1S/C19H21N5O2/c1-4-23-12(3)16(11(2)21-23)13-7-9-15(10-8-13)24-18(14-5-6-14)17(19(25)26)20-22-24/h7-10,14H,4-6H2,1-3H3,(H,25,26). The number of aromatic nitrogens is 5. The number of nitrogens with zero attached hydrogens (tertiary/aromatic N) is 5. The van der Waals surface area contributed by atoms with Crippen LogP contribution in [0.25, 0.3) is 16.8 Å². The van der Waals surface area contributed by atoms with Gasteiger partial charge in [0.05, 0.1) is 17.1 Å². The van der Waals surface area contributed by atoms with Crippen molar-refractivity contribution >= 4 is 5.97 Å². The first-order valence-electron chi connectivity index (χ1n) is 8.85. The highest BCUT2D eigenvalue weighted by Crippen LogP contribution is 2.42. The van der Waals surface area contributed by atoms with E-state index < -0.39 is 5.97 Å². The first kappa shape index (κ1) is 16.5. The van der Waals surface area contributed by atoms with Crippen molar-refractivity contribution in [2.75, 3.05) is 0 Å². The zero-order chi connectivity index (χ0) is 18.4. The van der Waals surface area contributed by atoms with E-state index >= 15 is 0 Å². The Bertz CT molecular complexity index is 980. The Labute approximate surface area is 151 Å². The van der Waals surface area contributed by atoms with Gasteiger partial charge in [-0.25, -0.2) is 9.48 Å². The quantitative estimate of drug-likeness (QED) is 0.762. The average molecular weight is 351 g/mol. The maximum absolute atomic E-state index is 11.4. The van der Waals surface area contributed by atoms with Gasteiger partial charge in [0.15, 0.2) is 5.69 Å². The fraction of sp³-hybridized carbons (Fsp3) is 0.368. The Hall–Kier alpha value is -2.96. The van der Waals surface area contributed by atoms with E-state index in [0.717, 1.165) is 47.6 Å². The maximum Gasteiger partial charge on any atom is 0.358 e. The first-order chi connectivity index (χ1) is 12.5. The number of aryl methyl sites for hydroxylation is 2. The SMILES string of the molecule is CCn1nc(C)c(-c2ccc(-n3nnc(C(=O)O)c3C3CC3)cc2)c1C. The first-order valence-corrected chi connectivity index (χ1v) is 8.85. The molecule has 0 saturated heterocycles. The van der Waals surface area contributed by atoms with Crippen molar-refractivity contribution < 1.29 is 9.90 Å². The van der Waals surface area contributed by atoms with Crippen LogP contribution < -0.4 is 0 Å². The summed E-state index contributed by atoms with van der Waals surface area (Å²) in [7, 11) is 0. The van der Waals surface area contributed by atoms with Gasteiger partial charge in [0.1, 0.15) is 0 Å². The molecule has 0 radical (unpaired) electrons. The van der Waals surface area contributed by atoms with Crippen LogP contribution in [-0.4, -0.2) is 35.9 Å². The third-order valence-corrected chi connectivity index (χ3v) is 4.95. The fourth-order valence-electron chi connectivity index (χ4n) is 3.55. The molecule has 1 fully saturated rings. The van der Waals surface area contributed by atoms with Gasteiger partial charge in [-0.3, -0.25) is 4.68 Å². The minimum atomic E-state index is -1.02. The zero-order valence-electron chi connectivity index (χ0n) is 15.1. The van der Waals surface area contributed by atoms with E-state index in [1.54, 1.807) is 4.68 Å². The summed E-state index contributed by atoms with van der Waals surface area (Å²) < 4.78 is 3.67. The lowest BCUT2D eigenvalue weighted by molar-refractivity contribution is 0.0689. The van der Waals surface area contributed by atoms with Crippen molar-refractivity contribution in [1.29, 1.82) is 0 Å². The van der Waals surface area contributed by atoms with Crippen LogP contribution >= 0.6 is 0 Å². The molecule has 2 aromatic heterocycles. The Kier molecular flexibility index (Phi) is 3.86. The number of carboxylic acids is 1. The van der Waals surface area contributed by atoms with E-state index in [-0.39, 0.29) is 11.6 Å². The topological polar surface area (TPSA) is 85.8 Å². The lowest BCUT2D eigenvalue weighted by atomic mass is 10.0. The third-order valence-electron chi connectivity index (χ3n) is 4.95. The molecular weight excluding hydrogens is 330 g/mol. The molecule has 2 heterocycles. The van der Waals surface area contributed by atoms with Crippen LogP contribution in [0.1, 0.15) is 53.3 Å². The highest BCUT2D eigenvalue weighted by atomic mass is 16.4. The van der Waals surface area contributed by atoms with Crippen LogP contribution in [0, 0.1) is 13.8 Å². The van der Waals surface area contributed by atoms with Crippen LogP contribution in [0.4, 0.5) is 0 Å². The van der Waals surface area contributed by atoms with Crippen LogP contribution in [0.5, 0.6) is 0 Å². The van der Waals surface area contributed by atoms with Crippen LogP contribution in [0.2, 0.25) is 0 Å². The lowest BCUT2D eigenvalue weighted by Crippen LogP contribution is -2.05. The van der Waals surface area contributed by atoms with Gasteiger partial charge in [-0.15, -0.1) is 5.10 Å². The molecular formula is C19H21N5O2. The number of aromatic carboxylic acids is 1.